The number of hydrogen-bond acceptors (Lipinski definition) is 8. The van der Waals surface area contributed by atoms with Crippen molar-refractivity contribution in [3.05, 3.63) is 49.5 Å². The topological polar surface area (TPSA) is 161 Å². The van der Waals surface area contributed by atoms with Gasteiger partial charge in [0.2, 0.25) is 5.78 Å². The van der Waals surface area contributed by atoms with Gasteiger partial charge in [-0.1, -0.05) is 0 Å². The number of allylic oxidation sites excluding steroid dienone is 1. The van der Waals surface area contributed by atoms with Crippen LogP contribution in [0.5, 0.6) is 5.75 Å². The van der Waals surface area contributed by atoms with Gasteiger partial charge in [0.25, 0.3) is 5.91 Å². The molecule has 164 valence electrons. The Morgan fingerprint density at radius 2 is 1.87 bits per heavy atom. The number of nitrogens with zero attached hydrogens (tertiary/aromatic N) is 1. The second kappa shape index (κ2) is 7.04. The number of phenols is 1. The van der Waals surface area contributed by atoms with Crippen LogP contribution in [0.1, 0.15) is 22.3 Å². The SMILES string of the molecule is CN(C)[C@@H]1C(O)=C(C(N)=O)C(=O)[C@@]2(O)C(O)=C3C(=O)c4c(O)ccc(I)c4CC3CC12. The molecule has 3 aliphatic carbocycles. The van der Waals surface area contributed by atoms with Gasteiger partial charge in [-0.05, 0) is 73.1 Å². The molecule has 1 aromatic carbocycles. The number of aliphatic hydroxyl groups excluding tert-OH is 2. The quantitative estimate of drug-likeness (QED) is 0.271. The summed E-state index contributed by atoms with van der Waals surface area (Å²) >= 11 is 2.06. The summed E-state index contributed by atoms with van der Waals surface area (Å²) in [5.74, 6) is -6.43. The highest BCUT2D eigenvalue weighted by atomic mass is 127. The van der Waals surface area contributed by atoms with E-state index in [9.17, 15) is 34.8 Å². The average molecular weight is 540 g/mol. The van der Waals surface area contributed by atoms with Gasteiger partial charge in [0.15, 0.2) is 11.4 Å². The maximum atomic E-state index is 13.3. The number of primary amides is 1. The van der Waals surface area contributed by atoms with Crippen molar-refractivity contribution in [1.82, 2.24) is 4.90 Å². The first-order valence-corrected chi connectivity index (χ1v) is 10.7. The second-order valence-electron chi connectivity index (χ2n) is 8.38. The highest BCUT2D eigenvalue weighted by Gasteiger charge is 2.63. The van der Waals surface area contributed by atoms with Crippen LogP contribution < -0.4 is 5.73 Å². The summed E-state index contributed by atoms with van der Waals surface area (Å²) in [5, 5.41) is 43.5. The van der Waals surface area contributed by atoms with E-state index < -0.39 is 58.0 Å². The maximum Gasteiger partial charge on any atom is 0.255 e. The Morgan fingerprint density at radius 3 is 2.45 bits per heavy atom. The third kappa shape index (κ3) is 2.77. The Kier molecular flexibility index (Phi) is 4.94. The number of phenolic OH excluding ortho intramolecular Hbond substituents is 1. The molecule has 0 spiro atoms. The molecule has 3 aliphatic rings. The van der Waals surface area contributed by atoms with Gasteiger partial charge >= 0.3 is 0 Å². The van der Waals surface area contributed by atoms with E-state index in [4.69, 9.17) is 5.73 Å². The first kappa shape index (κ1) is 21.8. The number of amides is 1. The van der Waals surface area contributed by atoms with Crippen LogP contribution in [-0.4, -0.2) is 68.5 Å². The van der Waals surface area contributed by atoms with Crippen LogP contribution in [-0.2, 0) is 16.0 Å². The van der Waals surface area contributed by atoms with Gasteiger partial charge in [0.05, 0.1) is 11.6 Å². The van der Waals surface area contributed by atoms with Crippen LogP contribution in [0, 0.1) is 15.4 Å². The van der Waals surface area contributed by atoms with E-state index in [-0.39, 0.29) is 23.3 Å². The Bertz CT molecular complexity index is 1120. The lowest BCUT2D eigenvalue weighted by Crippen LogP contribution is -2.63. The van der Waals surface area contributed by atoms with Crippen molar-refractivity contribution in [3.63, 3.8) is 0 Å². The van der Waals surface area contributed by atoms with Crippen molar-refractivity contribution in [2.24, 2.45) is 17.6 Å². The molecule has 0 aromatic heterocycles. The number of ketones is 2. The molecule has 2 unspecified atom stereocenters. The lowest BCUT2D eigenvalue weighted by molar-refractivity contribution is -0.148. The fourth-order valence-electron chi connectivity index (χ4n) is 5.21. The minimum absolute atomic E-state index is 0.0210. The molecule has 0 aliphatic heterocycles. The normalized spacial score (nSPS) is 30.3. The predicted molar refractivity (Wildman–Crippen MR) is 116 cm³/mol. The number of fused-ring (bicyclic) bond motifs is 3. The fraction of sp³-hybridized carbons (Fsp3) is 0.381. The van der Waals surface area contributed by atoms with Crippen molar-refractivity contribution < 1.29 is 34.8 Å². The highest BCUT2D eigenvalue weighted by Crippen LogP contribution is 2.52. The van der Waals surface area contributed by atoms with Crippen LogP contribution in [0.4, 0.5) is 0 Å². The molecular formula is C21H21IN2O7. The molecule has 4 atom stereocenters. The zero-order valence-electron chi connectivity index (χ0n) is 16.7. The Labute approximate surface area is 191 Å². The van der Waals surface area contributed by atoms with E-state index in [1.165, 1.54) is 11.0 Å². The van der Waals surface area contributed by atoms with Gasteiger partial charge in [-0.15, -0.1) is 0 Å². The molecule has 6 N–H and O–H groups in total. The highest BCUT2D eigenvalue weighted by molar-refractivity contribution is 14.1. The van der Waals surface area contributed by atoms with E-state index in [2.05, 4.69) is 22.6 Å². The summed E-state index contributed by atoms with van der Waals surface area (Å²) < 4.78 is 0.765. The van der Waals surface area contributed by atoms with Gasteiger partial charge in [0, 0.05) is 15.1 Å². The maximum absolute atomic E-state index is 13.3. The summed E-state index contributed by atoms with van der Waals surface area (Å²) in [5.41, 5.74) is 2.36. The van der Waals surface area contributed by atoms with Gasteiger partial charge in [-0.2, -0.15) is 0 Å². The monoisotopic (exact) mass is 540 g/mol. The summed E-state index contributed by atoms with van der Waals surface area (Å²) in [4.78, 5) is 39.8. The second-order valence-corrected chi connectivity index (χ2v) is 9.55. The molecule has 31 heavy (non-hydrogen) atoms. The summed E-state index contributed by atoms with van der Waals surface area (Å²) in [6.45, 7) is 0. The van der Waals surface area contributed by atoms with Crippen LogP contribution in [0.2, 0.25) is 0 Å². The van der Waals surface area contributed by atoms with E-state index in [0.717, 1.165) is 3.57 Å². The fourth-order valence-corrected chi connectivity index (χ4v) is 5.88. The number of aliphatic hydroxyl groups is 3. The van der Waals surface area contributed by atoms with Gasteiger partial charge < -0.3 is 26.2 Å². The molecule has 0 saturated carbocycles. The molecule has 0 fully saturated rings. The molecule has 10 heteroatoms. The third-order valence-corrected chi connectivity index (χ3v) is 7.56. The smallest absolute Gasteiger partial charge is 0.255 e. The molecule has 1 amide bonds. The predicted octanol–water partition coefficient (Wildman–Crippen LogP) is 0.725. The van der Waals surface area contributed by atoms with E-state index >= 15 is 0 Å². The molecule has 9 nitrogen and oxygen atoms in total. The number of aromatic hydroxyl groups is 1. The molecule has 0 radical (unpaired) electrons. The minimum Gasteiger partial charge on any atom is -0.510 e. The number of carbonyl (C=O) groups excluding carboxylic acids is 3. The number of carbonyl (C=O) groups is 3. The van der Waals surface area contributed by atoms with E-state index in [1.54, 1.807) is 20.2 Å². The zero-order valence-corrected chi connectivity index (χ0v) is 18.9. The molecule has 4 rings (SSSR count). The van der Waals surface area contributed by atoms with Crippen molar-refractivity contribution in [2.45, 2.75) is 24.5 Å². The van der Waals surface area contributed by atoms with Crippen LogP contribution in [0.25, 0.3) is 0 Å². The van der Waals surface area contributed by atoms with E-state index in [0.29, 0.717) is 12.0 Å². The number of Topliss-reactive ketones (excluding diaryl/α,β-unsaturated/α-hetero) is 2. The first-order chi connectivity index (χ1) is 14.4. The van der Waals surface area contributed by atoms with Crippen LogP contribution in [0.3, 0.4) is 0 Å². The Morgan fingerprint density at radius 1 is 1.23 bits per heavy atom. The zero-order chi connectivity index (χ0) is 23.0. The average Bonchev–Trinajstić information content (AvgIpc) is 2.67. The molecule has 0 saturated heterocycles. The standard InChI is InChI=1S/C21H21IN2O7/c1-24(2)15-9-6-7-5-8-10(22)3-4-11(25)13(8)16(26)12(7)18(28)21(9,31)19(29)14(17(15)27)20(23)30/h3-4,7,9,15,25,27-28,31H,5-6H2,1-2H3,(H2,23,30)/t7?,9?,15-,21-/m0/s1. The number of hydrogen-bond donors (Lipinski definition) is 5. The number of likely N-dealkylation sites (N-methyl/N-ethyl adjacent to an activating group) is 1. The van der Waals surface area contributed by atoms with E-state index in [1.807, 2.05) is 0 Å². The Balaban J connectivity index is 1.98. The van der Waals surface area contributed by atoms with Crippen LogP contribution in [0.15, 0.2) is 34.8 Å². The summed E-state index contributed by atoms with van der Waals surface area (Å²) in [6, 6.07) is 2.06. The summed E-state index contributed by atoms with van der Waals surface area (Å²) in [6.07, 6.45) is 0.374. The first-order valence-electron chi connectivity index (χ1n) is 9.58. The molecule has 0 heterocycles. The lowest BCUT2D eigenvalue weighted by Gasteiger charge is -2.50. The van der Waals surface area contributed by atoms with Gasteiger partial charge in [-0.3, -0.25) is 19.3 Å². The van der Waals surface area contributed by atoms with Crippen molar-refractivity contribution in [3.8, 4) is 5.75 Å². The number of rotatable bonds is 2. The van der Waals surface area contributed by atoms with Gasteiger partial charge in [-0.25, -0.2) is 0 Å². The summed E-state index contributed by atoms with van der Waals surface area (Å²) in [7, 11) is 3.18. The Hall–Kier alpha value is -2.44. The van der Waals surface area contributed by atoms with Gasteiger partial charge in [0.1, 0.15) is 22.8 Å². The third-order valence-electron chi connectivity index (χ3n) is 6.55. The number of benzene rings is 1. The molecule has 1 aromatic rings. The van der Waals surface area contributed by atoms with Crippen molar-refractivity contribution >= 4 is 40.1 Å². The number of halogens is 1. The van der Waals surface area contributed by atoms with Crippen molar-refractivity contribution in [2.75, 3.05) is 14.1 Å². The molecular weight excluding hydrogens is 519 g/mol. The number of nitrogens with two attached hydrogens (primary N) is 1. The lowest BCUT2D eigenvalue weighted by atomic mass is 9.58. The molecule has 0 bridgehead atoms. The van der Waals surface area contributed by atoms with Crippen molar-refractivity contribution in [1.29, 1.82) is 0 Å². The minimum atomic E-state index is -2.61. The van der Waals surface area contributed by atoms with Crippen LogP contribution >= 0.6 is 22.6 Å². The largest absolute Gasteiger partial charge is 0.510 e.